The Morgan fingerprint density at radius 1 is 1.32 bits per heavy atom. The first-order chi connectivity index (χ1) is 10.4. The molecule has 0 radical (unpaired) electrons. The van der Waals surface area contributed by atoms with Crippen molar-refractivity contribution < 1.29 is 24.2 Å². The number of aliphatic carboxylic acids is 1. The molecular formula is C14H20N2O5Si. The summed E-state index contributed by atoms with van der Waals surface area (Å²) in [7, 11) is 1.78. The number of carbonyl (C=O) groups excluding carboxylic acids is 2. The number of ketones is 1. The van der Waals surface area contributed by atoms with Gasteiger partial charge in [-0.3, -0.25) is 9.59 Å². The highest BCUT2D eigenvalue weighted by Gasteiger charge is 2.24. The first-order valence-electron chi connectivity index (χ1n) is 6.77. The highest BCUT2D eigenvalue weighted by atomic mass is 28.2. The number of Topliss-reactive ketones (excluding diaryl/α,β-unsaturated/α-hetero) is 1. The molecule has 120 valence electrons. The maximum Gasteiger partial charge on any atom is 0.327 e. The van der Waals surface area contributed by atoms with Crippen LogP contribution >= 0.6 is 0 Å². The highest BCUT2D eigenvalue weighted by molar-refractivity contribution is 6.12. The molecule has 0 amide bonds. The van der Waals surface area contributed by atoms with Crippen LogP contribution in [-0.4, -0.2) is 52.4 Å². The maximum atomic E-state index is 12.5. The molecule has 7 nitrogen and oxygen atoms in total. The van der Waals surface area contributed by atoms with Gasteiger partial charge in [-0.15, -0.1) is 0 Å². The molecule has 0 bridgehead atoms. The number of nitrogens with one attached hydrogen (secondary N) is 2. The predicted molar refractivity (Wildman–Crippen MR) is 85.0 cm³/mol. The number of methoxy groups -OCH3 is 1. The Morgan fingerprint density at radius 2 is 1.95 bits per heavy atom. The van der Waals surface area contributed by atoms with E-state index in [2.05, 4.69) is 15.0 Å². The summed E-state index contributed by atoms with van der Waals surface area (Å²) < 4.78 is 4.63. The van der Waals surface area contributed by atoms with Gasteiger partial charge in [0.15, 0.2) is 5.78 Å². The average molecular weight is 324 g/mol. The standard InChI is InChI=1S/C14H20N2O5Si/c1-8(14(20)21-2)15-10-6-4-3-5-9(10)13(19)11(16-22)7-12(17)18/h3-6,8,11,15-16H,7H2,1-2,22H3,(H,17,18)/t8?,11-/m0/s1. The fraction of sp³-hybridized carbons (Fsp3) is 0.357. The van der Waals surface area contributed by atoms with Gasteiger partial charge in [0.1, 0.15) is 6.04 Å². The van der Waals surface area contributed by atoms with E-state index < -0.39 is 24.0 Å². The number of para-hydroxylation sites is 1. The van der Waals surface area contributed by atoms with Gasteiger partial charge in [0.2, 0.25) is 0 Å². The highest BCUT2D eigenvalue weighted by Crippen LogP contribution is 2.19. The van der Waals surface area contributed by atoms with Crippen LogP contribution in [0.1, 0.15) is 23.7 Å². The van der Waals surface area contributed by atoms with E-state index in [0.717, 1.165) is 0 Å². The molecule has 0 spiro atoms. The predicted octanol–water partition coefficient (Wildman–Crippen LogP) is -0.444. The molecule has 1 unspecified atom stereocenters. The SMILES string of the molecule is COC(=O)C(C)Nc1ccccc1C(=O)[C@H](CC(=O)O)N[SiH3]. The van der Waals surface area contributed by atoms with Gasteiger partial charge in [-0.2, -0.15) is 0 Å². The summed E-state index contributed by atoms with van der Waals surface area (Å²) in [5.41, 5.74) is 0.811. The van der Waals surface area contributed by atoms with Crippen molar-refractivity contribution in [3.05, 3.63) is 29.8 Å². The minimum Gasteiger partial charge on any atom is -0.481 e. The van der Waals surface area contributed by atoms with Crippen molar-refractivity contribution in [1.82, 2.24) is 4.98 Å². The molecule has 0 saturated heterocycles. The van der Waals surface area contributed by atoms with Crippen molar-refractivity contribution in [3.8, 4) is 0 Å². The van der Waals surface area contributed by atoms with Crippen molar-refractivity contribution in [1.29, 1.82) is 0 Å². The maximum absolute atomic E-state index is 12.5. The minimum absolute atomic E-state index is 0.288. The second kappa shape index (κ2) is 8.30. The summed E-state index contributed by atoms with van der Waals surface area (Å²) in [6, 6.07) is 5.27. The van der Waals surface area contributed by atoms with Crippen LogP contribution < -0.4 is 10.3 Å². The Morgan fingerprint density at radius 3 is 2.50 bits per heavy atom. The summed E-state index contributed by atoms with van der Waals surface area (Å²) in [4.78, 5) is 37.6. The van der Waals surface area contributed by atoms with Gasteiger partial charge in [-0.05, 0) is 19.1 Å². The quantitative estimate of drug-likeness (QED) is 0.338. The molecule has 3 N–H and O–H groups in total. The summed E-state index contributed by atoms with van der Waals surface area (Å²) in [5.74, 6) is -1.82. The molecule has 1 aromatic carbocycles. The number of anilines is 1. The van der Waals surface area contributed by atoms with Crippen molar-refractivity contribution in [3.63, 3.8) is 0 Å². The van der Waals surface area contributed by atoms with Gasteiger partial charge >= 0.3 is 11.9 Å². The number of carbonyl (C=O) groups is 3. The van der Waals surface area contributed by atoms with Gasteiger partial charge in [-0.1, -0.05) is 12.1 Å². The molecule has 22 heavy (non-hydrogen) atoms. The first kappa shape index (κ1) is 17.9. The number of ether oxygens (including phenoxy) is 1. The van der Waals surface area contributed by atoms with Crippen LogP contribution in [0.15, 0.2) is 24.3 Å². The number of carboxylic acids is 1. The lowest BCUT2D eigenvalue weighted by atomic mass is 10.0. The minimum atomic E-state index is -1.05. The zero-order valence-electron chi connectivity index (χ0n) is 12.8. The van der Waals surface area contributed by atoms with Crippen LogP contribution in [0.3, 0.4) is 0 Å². The van der Waals surface area contributed by atoms with Crippen molar-refractivity contribution >= 4 is 33.8 Å². The number of rotatable bonds is 8. The summed E-state index contributed by atoms with van der Waals surface area (Å²) >= 11 is 0. The van der Waals surface area contributed by atoms with Crippen molar-refractivity contribution in [2.45, 2.75) is 25.4 Å². The number of benzene rings is 1. The van der Waals surface area contributed by atoms with E-state index in [9.17, 15) is 14.4 Å². The molecule has 0 saturated carbocycles. The normalized spacial score (nSPS) is 13.2. The largest absolute Gasteiger partial charge is 0.481 e. The molecule has 0 aromatic heterocycles. The van der Waals surface area contributed by atoms with Crippen LogP contribution in [0.4, 0.5) is 5.69 Å². The summed E-state index contributed by atoms with van der Waals surface area (Å²) in [5, 5.41) is 11.8. The zero-order chi connectivity index (χ0) is 16.7. The van der Waals surface area contributed by atoms with E-state index in [0.29, 0.717) is 21.7 Å². The molecule has 0 aliphatic rings. The Balaban J connectivity index is 3.02. The van der Waals surface area contributed by atoms with E-state index in [-0.39, 0.29) is 12.2 Å². The Kier molecular flexibility index (Phi) is 6.74. The Bertz CT molecular complexity index is 564. The average Bonchev–Trinajstić information content (AvgIpc) is 2.51. The lowest BCUT2D eigenvalue weighted by Crippen LogP contribution is -2.38. The number of esters is 1. The molecular weight excluding hydrogens is 304 g/mol. The fourth-order valence-corrected chi connectivity index (χ4v) is 2.45. The van der Waals surface area contributed by atoms with Gasteiger partial charge in [0.25, 0.3) is 0 Å². The topological polar surface area (TPSA) is 105 Å². The smallest absolute Gasteiger partial charge is 0.327 e. The Hall–Kier alpha value is -2.19. The molecule has 0 fully saturated rings. The number of hydrogen-bond acceptors (Lipinski definition) is 6. The van der Waals surface area contributed by atoms with E-state index in [1.165, 1.54) is 7.11 Å². The van der Waals surface area contributed by atoms with Gasteiger partial charge in [-0.25, -0.2) is 4.79 Å². The van der Waals surface area contributed by atoms with E-state index in [1.807, 2.05) is 0 Å². The van der Waals surface area contributed by atoms with E-state index in [4.69, 9.17) is 5.11 Å². The molecule has 2 atom stereocenters. The third-order valence-corrected chi connectivity index (χ3v) is 3.86. The third kappa shape index (κ3) is 4.67. The molecule has 0 aliphatic heterocycles. The second-order valence-corrected chi connectivity index (χ2v) is 5.32. The zero-order valence-corrected chi connectivity index (χ0v) is 14.8. The van der Waals surface area contributed by atoms with Crippen molar-refractivity contribution in [2.24, 2.45) is 0 Å². The van der Waals surface area contributed by atoms with Gasteiger partial charge in [0, 0.05) is 11.3 Å². The van der Waals surface area contributed by atoms with Crippen LogP contribution in [0.25, 0.3) is 0 Å². The van der Waals surface area contributed by atoms with Gasteiger partial charge < -0.3 is 20.1 Å². The van der Waals surface area contributed by atoms with Crippen LogP contribution in [0.2, 0.25) is 0 Å². The molecule has 1 rings (SSSR count). The lowest BCUT2D eigenvalue weighted by Gasteiger charge is -2.18. The number of carboxylic acid groups (broad SMARTS) is 1. The Labute approximate surface area is 131 Å². The summed E-state index contributed by atoms with van der Waals surface area (Å²) in [6.45, 7) is 1.62. The van der Waals surface area contributed by atoms with Crippen molar-refractivity contribution in [2.75, 3.05) is 12.4 Å². The molecule has 0 aliphatic carbocycles. The second-order valence-electron chi connectivity index (χ2n) is 4.74. The van der Waals surface area contributed by atoms with Crippen LogP contribution in [0, 0.1) is 0 Å². The molecule has 0 heterocycles. The summed E-state index contributed by atoms with van der Waals surface area (Å²) in [6.07, 6.45) is -0.288. The van der Waals surface area contributed by atoms with Crippen LogP contribution in [-0.2, 0) is 14.3 Å². The third-order valence-electron chi connectivity index (χ3n) is 3.16. The number of hydrogen-bond donors (Lipinski definition) is 3. The van der Waals surface area contributed by atoms with Gasteiger partial charge in [0.05, 0.1) is 30.0 Å². The lowest BCUT2D eigenvalue weighted by molar-refractivity contribution is -0.141. The monoisotopic (exact) mass is 324 g/mol. The first-order valence-corrected chi connectivity index (χ1v) is 7.77. The van der Waals surface area contributed by atoms with Crippen LogP contribution in [0.5, 0.6) is 0 Å². The molecule has 1 aromatic rings. The molecule has 8 heteroatoms. The van der Waals surface area contributed by atoms with E-state index in [1.54, 1.807) is 31.2 Å². The fourth-order valence-electron chi connectivity index (χ4n) is 1.98. The van der Waals surface area contributed by atoms with E-state index >= 15 is 0 Å².